The predicted molar refractivity (Wildman–Crippen MR) is 101 cm³/mol. The first kappa shape index (κ1) is 18.4. The van der Waals surface area contributed by atoms with E-state index in [1.807, 2.05) is 24.3 Å². The molecule has 1 N–H and O–H groups in total. The molecule has 0 saturated carbocycles. The van der Waals surface area contributed by atoms with Crippen molar-refractivity contribution in [2.24, 2.45) is 5.10 Å². The third kappa shape index (κ3) is 4.82. The van der Waals surface area contributed by atoms with Crippen LogP contribution in [0.2, 0.25) is 0 Å². The van der Waals surface area contributed by atoms with Crippen molar-refractivity contribution in [1.29, 1.82) is 0 Å². The van der Waals surface area contributed by atoms with Gasteiger partial charge in [0.25, 0.3) is 5.91 Å². The van der Waals surface area contributed by atoms with E-state index in [1.54, 1.807) is 24.5 Å². The summed E-state index contributed by atoms with van der Waals surface area (Å²) in [4.78, 5) is 26.8. The van der Waals surface area contributed by atoms with Gasteiger partial charge in [-0.3, -0.25) is 24.6 Å². The van der Waals surface area contributed by atoms with Crippen LogP contribution in [0.1, 0.15) is 21.6 Å². The van der Waals surface area contributed by atoms with Gasteiger partial charge in [0.1, 0.15) is 6.20 Å². The zero-order valence-electron chi connectivity index (χ0n) is 13.8. The van der Waals surface area contributed by atoms with Crippen LogP contribution in [0.5, 0.6) is 0 Å². The third-order valence-corrected chi connectivity index (χ3v) is 3.95. The van der Waals surface area contributed by atoms with Crippen LogP contribution >= 0.6 is 15.9 Å². The van der Waals surface area contributed by atoms with Crippen molar-refractivity contribution in [1.82, 2.24) is 20.2 Å². The Hall–Kier alpha value is -3.40. The van der Waals surface area contributed by atoms with Crippen molar-refractivity contribution in [3.63, 3.8) is 0 Å². The Bertz CT molecular complexity index is 1000. The van der Waals surface area contributed by atoms with E-state index in [-0.39, 0.29) is 17.9 Å². The minimum absolute atomic E-state index is 0.284. The number of nitro groups is 1. The maximum absolute atomic E-state index is 12.3. The van der Waals surface area contributed by atoms with Gasteiger partial charge in [0, 0.05) is 22.4 Å². The van der Waals surface area contributed by atoms with Gasteiger partial charge in [-0.2, -0.15) is 10.2 Å². The highest BCUT2D eigenvalue weighted by Crippen LogP contribution is 2.18. The van der Waals surface area contributed by atoms with Crippen LogP contribution in [0.25, 0.3) is 0 Å². The average molecular weight is 429 g/mol. The molecule has 2 aromatic heterocycles. The first-order valence-corrected chi connectivity index (χ1v) is 8.52. The molecule has 1 aromatic carbocycles. The van der Waals surface area contributed by atoms with Gasteiger partial charge in [0.05, 0.1) is 17.7 Å². The highest BCUT2D eigenvalue weighted by atomic mass is 79.9. The number of aromatic nitrogens is 3. The van der Waals surface area contributed by atoms with Crippen LogP contribution in [0, 0.1) is 10.1 Å². The van der Waals surface area contributed by atoms with E-state index in [0.29, 0.717) is 5.56 Å². The maximum Gasteiger partial charge on any atom is 0.320 e. The van der Waals surface area contributed by atoms with E-state index in [9.17, 15) is 14.9 Å². The maximum atomic E-state index is 12.3. The number of carbonyl (C=O) groups is 1. The fourth-order valence-electron chi connectivity index (χ4n) is 2.28. The second kappa shape index (κ2) is 8.32. The van der Waals surface area contributed by atoms with Gasteiger partial charge in [-0.15, -0.1) is 0 Å². The number of hydrazone groups is 1. The monoisotopic (exact) mass is 428 g/mol. The summed E-state index contributed by atoms with van der Waals surface area (Å²) < 4.78 is 2.23. The minimum Gasteiger partial charge on any atom is -0.265 e. The first-order chi connectivity index (χ1) is 13.0. The van der Waals surface area contributed by atoms with Gasteiger partial charge in [-0.05, 0) is 23.8 Å². The van der Waals surface area contributed by atoms with Crippen LogP contribution in [0.4, 0.5) is 5.69 Å². The molecular formula is C17H13BrN6O3. The topological polar surface area (TPSA) is 115 Å². The van der Waals surface area contributed by atoms with Gasteiger partial charge >= 0.3 is 5.69 Å². The van der Waals surface area contributed by atoms with Gasteiger partial charge in [-0.25, -0.2) is 5.43 Å². The molecule has 0 atom stereocenters. The molecule has 0 radical (unpaired) electrons. The zero-order valence-corrected chi connectivity index (χ0v) is 15.4. The summed E-state index contributed by atoms with van der Waals surface area (Å²) in [6.45, 7) is 0.284. The molecule has 0 aliphatic carbocycles. The van der Waals surface area contributed by atoms with E-state index < -0.39 is 10.8 Å². The summed E-state index contributed by atoms with van der Waals surface area (Å²) in [5.74, 6) is -0.769. The van der Waals surface area contributed by atoms with Crippen molar-refractivity contribution in [3.05, 3.63) is 86.4 Å². The molecule has 3 rings (SSSR count). The van der Waals surface area contributed by atoms with E-state index in [4.69, 9.17) is 0 Å². The summed E-state index contributed by atoms with van der Waals surface area (Å²) in [7, 11) is 0. The number of rotatable bonds is 6. The molecule has 136 valence electrons. The number of halogens is 1. The van der Waals surface area contributed by atoms with Crippen LogP contribution in [-0.4, -0.2) is 31.8 Å². The number of pyridine rings is 1. The van der Waals surface area contributed by atoms with Crippen LogP contribution in [-0.2, 0) is 6.54 Å². The number of amides is 1. The van der Waals surface area contributed by atoms with Crippen molar-refractivity contribution < 1.29 is 9.72 Å². The Balaban J connectivity index is 1.77. The average Bonchev–Trinajstić information content (AvgIpc) is 3.07. The number of carbonyl (C=O) groups excluding carboxylic acids is 1. The Morgan fingerprint density at radius 1 is 1.37 bits per heavy atom. The van der Waals surface area contributed by atoms with E-state index in [0.717, 1.165) is 10.0 Å². The molecule has 0 fully saturated rings. The number of benzene rings is 1. The van der Waals surface area contributed by atoms with Crippen molar-refractivity contribution in [2.75, 3.05) is 0 Å². The SMILES string of the molecule is O=C(N/N=C\c1cccnc1)c1nn(Cc2cccc(Br)c2)cc1[N+](=O)[O-]. The molecule has 27 heavy (non-hydrogen) atoms. The molecule has 0 aliphatic heterocycles. The molecule has 10 heteroatoms. The Morgan fingerprint density at radius 3 is 2.93 bits per heavy atom. The molecule has 1 amide bonds. The highest BCUT2D eigenvalue weighted by Gasteiger charge is 2.25. The fourth-order valence-corrected chi connectivity index (χ4v) is 2.73. The second-order valence-electron chi connectivity index (χ2n) is 5.43. The summed E-state index contributed by atoms with van der Waals surface area (Å²) >= 11 is 3.37. The van der Waals surface area contributed by atoms with Crippen molar-refractivity contribution in [3.8, 4) is 0 Å². The number of nitrogens with zero attached hydrogens (tertiary/aromatic N) is 5. The fraction of sp³-hybridized carbons (Fsp3) is 0.0588. The standard InChI is InChI=1S/C17H13BrN6O3/c18-14-5-1-3-12(7-14)10-23-11-15(24(26)27)16(22-23)17(25)21-20-9-13-4-2-6-19-8-13/h1-9,11H,10H2,(H,21,25)/b20-9-. The first-order valence-electron chi connectivity index (χ1n) is 7.72. The summed E-state index contributed by atoms with van der Waals surface area (Å²) in [5.41, 5.74) is 3.10. The molecule has 0 bridgehead atoms. The zero-order chi connectivity index (χ0) is 19.2. The quantitative estimate of drug-likeness (QED) is 0.368. The number of nitrogens with one attached hydrogen (secondary N) is 1. The lowest BCUT2D eigenvalue weighted by Crippen LogP contribution is -2.19. The lowest BCUT2D eigenvalue weighted by molar-refractivity contribution is -0.385. The molecule has 0 saturated heterocycles. The second-order valence-corrected chi connectivity index (χ2v) is 6.35. The molecule has 3 aromatic rings. The summed E-state index contributed by atoms with van der Waals surface area (Å²) in [5, 5.41) is 19.1. The molecule has 0 spiro atoms. The van der Waals surface area contributed by atoms with Gasteiger partial charge in [0.15, 0.2) is 0 Å². The lowest BCUT2D eigenvalue weighted by Gasteiger charge is -2.01. The summed E-state index contributed by atoms with van der Waals surface area (Å²) in [6.07, 6.45) is 5.78. The predicted octanol–water partition coefficient (Wildman–Crippen LogP) is 2.76. The van der Waals surface area contributed by atoms with Crippen LogP contribution in [0.15, 0.2) is 64.6 Å². The Morgan fingerprint density at radius 2 is 2.22 bits per heavy atom. The van der Waals surface area contributed by atoms with Crippen molar-refractivity contribution in [2.45, 2.75) is 6.54 Å². The molecule has 2 heterocycles. The number of hydrogen-bond acceptors (Lipinski definition) is 6. The Labute approximate surface area is 162 Å². The van der Waals surface area contributed by atoms with Crippen molar-refractivity contribution >= 4 is 33.7 Å². The molecule has 9 nitrogen and oxygen atoms in total. The molecular weight excluding hydrogens is 416 g/mol. The molecule has 0 aliphatic rings. The minimum atomic E-state index is -0.769. The van der Waals surface area contributed by atoms with Gasteiger partial charge in [0.2, 0.25) is 5.69 Å². The highest BCUT2D eigenvalue weighted by molar-refractivity contribution is 9.10. The lowest BCUT2D eigenvalue weighted by atomic mass is 10.2. The van der Waals surface area contributed by atoms with Gasteiger partial charge in [-0.1, -0.05) is 34.1 Å². The molecule has 0 unspecified atom stereocenters. The smallest absolute Gasteiger partial charge is 0.265 e. The van der Waals surface area contributed by atoms with Crippen LogP contribution < -0.4 is 5.43 Å². The number of hydrogen-bond donors (Lipinski definition) is 1. The van der Waals surface area contributed by atoms with E-state index in [1.165, 1.54) is 17.1 Å². The van der Waals surface area contributed by atoms with Gasteiger partial charge < -0.3 is 0 Å². The van der Waals surface area contributed by atoms with Crippen LogP contribution in [0.3, 0.4) is 0 Å². The largest absolute Gasteiger partial charge is 0.320 e. The Kier molecular flexibility index (Phi) is 5.67. The third-order valence-electron chi connectivity index (χ3n) is 3.45. The van der Waals surface area contributed by atoms with E-state index >= 15 is 0 Å². The van der Waals surface area contributed by atoms with E-state index in [2.05, 4.69) is 36.5 Å². The normalized spacial score (nSPS) is 10.9. The summed E-state index contributed by atoms with van der Waals surface area (Å²) in [6, 6.07) is 10.9.